The molecule has 0 aromatic heterocycles. The van der Waals surface area contributed by atoms with E-state index in [1.54, 1.807) is 0 Å². The Bertz CT molecular complexity index is 502. The Labute approximate surface area is 168 Å². The maximum Gasteiger partial charge on any atom is 0.193 e. The Hall–Kier alpha value is -0.630. The average Bonchev–Trinajstić information content (AvgIpc) is 2.58. The molecule has 2 rings (SSSR count). The Kier molecular flexibility index (Phi) is 10.6. The number of aliphatic imine (C=N–C) groups is 1. The van der Waals surface area contributed by atoms with E-state index in [0.717, 1.165) is 38.7 Å². The van der Waals surface area contributed by atoms with Crippen LogP contribution in [-0.2, 0) is 0 Å². The van der Waals surface area contributed by atoms with E-state index in [4.69, 9.17) is 0 Å². The molecular formula is C18H31IN4S. The van der Waals surface area contributed by atoms with E-state index in [0.29, 0.717) is 0 Å². The van der Waals surface area contributed by atoms with E-state index in [2.05, 4.69) is 57.6 Å². The highest BCUT2D eigenvalue weighted by Crippen LogP contribution is 2.17. The van der Waals surface area contributed by atoms with Crippen LogP contribution in [0.4, 0.5) is 5.69 Å². The van der Waals surface area contributed by atoms with Crippen LogP contribution in [0.5, 0.6) is 0 Å². The first-order chi connectivity index (χ1) is 11.2. The molecule has 4 nitrogen and oxygen atoms in total. The fraction of sp³-hybridized carbons (Fsp3) is 0.611. The van der Waals surface area contributed by atoms with Gasteiger partial charge in [0.25, 0.3) is 0 Å². The molecule has 0 amide bonds. The summed E-state index contributed by atoms with van der Waals surface area (Å²) in [5.74, 6) is 2.30. The number of benzene rings is 1. The minimum Gasteiger partial charge on any atom is -0.368 e. The molecule has 1 N–H and O–H groups in total. The predicted octanol–water partition coefficient (Wildman–Crippen LogP) is 3.45. The van der Waals surface area contributed by atoms with Gasteiger partial charge in [0, 0.05) is 45.5 Å². The highest BCUT2D eigenvalue weighted by atomic mass is 127. The van der Waals surface area contributed by atoms with E-state index in [-0.39, 0.29) is 24.0 Å². The second-order valence-corrected chi connectivity index (χ2v) is 6.97. The number of hydrogen-bond acceptors (Lipinski definition) is 3. The third-order valence-corrected chi connectivity index (χ3v) is 4.91. The van der Waals surface area contributed by atoms with Crippen LogP contribution in [0.25, 0.3) is 0 Å². The lowest BCUT2D eigenvalue weighted by Gasteiger charge is -2.37. The molecule has 0 radical (unpaired) electrons. The molecular weight excluding hydrogens is 431 g/mol. The molecule has 6 heteroatoms. The van der Waals surface area contributed by atoms with Gasteiger partial charge in [0.2, 0.25) is 0 Å². The minimum atomic E-state index is 0. The molecule has 1 saturated heterocycles. The standard InChI is InChI=1S/C18H30N4S.HI/c1-16-7-6-8-17(15-16)21-10-12-22(13-11-21)18(19-2)20-9-4-5-14-23-3;/h6-8,15H,4-5,9-14H2,1-3H3,(H,19,20);1H. The summed E-state index contributed by atoms with van der Waals surface area (Å²) in [6.45, 7) is 7.33. The van der Waals surface area contributed by atoms with Gasteiger partial charge in [-0.3, -0.25) is 4.99 Å². The summed E-state index contributed by atoms with van der Waals surface area (Å²) in [4.78, 5) is 9.29. The summed E-state index contributed by atoms with van der Waals surface area (Å²) in [5, 5.41) is 3.51. The van der Waals surface area contributed by atoms with Crippen molar-refractivity contribution >= 4 is 47.4 Å². The highest BCUT2D eigenvalue weighted by Gasteiger charge is 2.19. The number of thioether (sulfide) groups is 1. The number of halogens is 1. The van der Waals surface area contributed by atoms with Gasteiger partial charge in [0.15, 0.2) is 5.96 Å². The van der Waals surface area contributed by atoms with E-state index in [9.17, 15) is 0 Å². The molecule has 1 heterocycles. The zero-order chi connectivity index (χ0) is 16.5. The van der Waals surface area contributed by atoms with Crippen molar-refractivity contribution in [2.45, 2.75) is 19.8 Å². The second kappa shape index (κ2) is 11.8. The predicted molar refractivity (Wildman–Crippen MR) is 119 cm³/mol. The van der Waals surface area contributed by atoms with Crippen molar-refractivity contribution in [2.75, 3.05) is 56.7 Å². The van der Waals surface area contributed by atoms with Gasteiger partial charge in [0.05, 0.1) is 0 Å². The molecule has 0 saturated carbocycles. The first kappa shape index (κ1) is 21.4. The first-order valence-electron chi connectivity index (χ1n) is 8.50. The van der Waals surface area contributed by atoms with Crippen molar-refractivity contribution in [2.24, 2.45) is 4.99 Å². The fourth-order valence-corrected chi connectivity index (χ4v) is 3.40. The number of aryl methyl sites for hydroxylation is 1. The van der Waals surface area contributed by atoms with Crippen molar-refractivity contribution in [3.63, 3.8) is 0 Å². The van der Waals surface area contributed by atoms with Crippen LogP contribution in [0.2, 0.25) is 0 Å². The number of rotatable bonds is 6. The number of anilines is 1. The Balaban J connectivity index is 0.00000288. The zero-order valence-corrected chi connectivity index (χ0v) is 18.3. The van der Waals surface area contributed by atoms with Crippen LogP contribution >= 0.6 is 35.7 Å². The van der Waals surface area contributed by atoms with Crippen LogP contribution in [0.3, 0.4) is 0 Å². The largest absolute Gasteiger partial charge is 0.368 e. The van der Waals surface area contributed by atoms with Crippen LogP contribution < -0.4 is 10.2 Å². The molecule has 1 aliphatic heterocycles. The number of nitrogens with zero attached hydrogens (tertiary/aromatic N) is 3. The molecule has 1 fully saturated rings. The van der Waals surface area contributed by atoms with E-state index in [1.807, 2.05) is 18.8 Å². The third-order valence-electron chi connectivity index (χ3n) is 4.22. The van der Waals surface area contributed by atoms with Crippen LogP contribution in [0, 0.1) is 6.92 Å². The van der Waals surface area contributed by atoms with Gasteiger partial charge in [-0.05, 0) is 49.5 Å². The van der Waals surface area contributed by atoms with Crippen molar-refractivity contribution in [3.05, 3.63) is 29.8 Å². The molecule has 0 aliphatic carbocycles. The first-order valence-corrected chi connectivity index (χ1v) is 9.90. The van der Waals surface area contributed by atoms with E-state index < -0.39 is 0 Å². The lowest BCUT2D eigenvalue weighted by Crippen LogP contribution is -2.52. The molecule has 0 atom stereocenters. The van der Waals surface area contributed by atoms with Crippen LogP contribution in [0.15, 0.2) is 29.3 Å². The third kappa shape index (κ3) is 6.70. The summed E-state index contributed by atoms with van der Waals surface area (Å²) >= 11 is 1.92. The van der Waals surface area contributed by atoms with E-state index >= 15 is 0 Å². The van der Waals surface area contributed by atoms with Crippen molar-refractivity contribution in [1.82, 2.24) is 10.2 Å². The Morgan fingerprint density at radius 2 is 1.96 bits per heavy atom. The average molecular weight is 462 g/mol. The summed E-state index contributed by atoms with van der Waals surface area (Å²) < 4.78 is 0. The number of guanidine groups is 1. The van der Waals surface area contributed by atoms with Gasteiger partial charge >= 0.3 is 0 Å². The minimum absolute atomic E-state index is 0. The fourth-order valence-electron chi connectivity index (χ4n) is 2.90. The maximum absolute atomic E-state index is 4.45. The molecule has 1 aromatic carbocycles. The van der Waals surface area contributed by atoms with Gasteiger partial charge < -0.3 is 15.1 Å². The van der Waals surface area contributed by atoms with Crippen molar-refractivity contribution in [1.29, 1.82) is 0 Å². The van der Waals surface area contributed by atoms with Gasteiger partial charge in [0.1, 0.15) is 0 Å². The van der Waals surface area contributed by atoms with Crippen molar-refractivity contribution < 1.29 is 0 Å². The molecule has 1 aliphatic rings. The summed E-state index contributed by atoms with van der Waals surface area (Å²) in [6, 6.07) is 8.78. The SMILES string of the molecule is CN=C(NCCCCSC)N1CCN(c2cccc(C)c2)CC1.I. The van der Waals surface area contributed by atoms with Gasteiger partial charge in [-0.25, -0.2) is 0 Å². The topological polar surface area (TPSA) is 30.9 Å². The zero-order valence-electron chi connectivity index (χ0n) is 15.1. The monoisotopic (exact) mass is 462 g/mol. The summed E-state index contributed by atoms with van der Waals surface area (Å²) in [7, 11) is 1.89. The van der Waals surface area contributed by atoms with Crippen LogP contribution in [-0.4, -0.2) is 62.6 Å². The molecule has 1 aromatic rings. The lowest BCUT2D eigenvalue weighted by atomic mass is 10.2. The van der Waals surface area contributed by atoms with Crippen LogP contribution in [0.1, 0.15) is 18.4 Å². The molecule has 136 valence electrons. The summed E-state index contributed by atoms with van der Waals surface area (Å²) in [5.41, 5.74) is 2.66. The summed E-state index contributed by atoms with van der Waals surface area (Å²) in [6.07, 6.45) is 4.65. The van der Waals surface area contributed by atoms with Gasteiger partial charge in [-0.2, -0.15) is 11.8 Å². The molecule has 0 unspecified atom stereocenters. The number of unbranched alkanes of at least 4 members (excludes halogenated alkanes) is 1. The van der Waals surface area contributed by atoms with Crippen molar-refractivity contribution in [3.8, 4) is 0 Å². The Morgan fingerprint density at radius 3 is 2.58 bits per heavy atom. The normalized spacial score (nSPS) is 15.2. The molecule has 0 bridgehead atoms. The number of nitrogens with one attached hydrogen (secondary N) is 1. The molecule has 0 spiro atoms. The quantitative estimate of drug-likeness (QED) is 0.304. The lowest BCUT2D eigenvalue weighted by molar-refractivity contribution is 0.372. The van der Waals surface area contributed by atoms with E-state index in [1.165, 1.54) is 29.8 Å². The Morgan fingerprint density at radius 1 is 1.21 bits per heavy atom. The smallest absolute Gasteiger partial charge is 0.193 e. The number of piperazine rings is 1. The molecule has 24 heavy (non-hydrogen) atoms. The van der Waals surface area contributed by atoms with Gasteiger partial charge in [-0.1, -0.05) is 12.1 Å². The highest BCUT2D eigenvalue weighted by molar-refractivity contribution is 14.0. The maximum atomic E-state index is 4.45. The van der Waals surface area contributed by atoms with Gasteiger partial charge in [-0.15, -0.1) is 24.0 Å². The number of hydrogen-bond donors (Lipinski definition) is 1. The second-order valence-electron chi connectivity index (χ2n) is 5.99.